The fourth-order valence-electron chi connectivity index (χ4n) is 0.500. The van der Waals surface area contributed by atoms with Crippen LogP contribution < -0.4 is 0 Å². The SMILES string of the molecule is C.C.CCCCC(C)O. The van der Waals surface area contributed by atoms with Gasteiger partial charge < -0.3 is 5.11 Å². The number of rotatable bonds is 3. The van der Waals surface area contributed by atoms with E-state index in [9.17, 15) is 0 Å². The molecule has 1 heteroatoms. The van der Waals surface area contributed by atoms with Gasteiger partial charge in [0.2, 0.25) is 0 Å². The van der Waals surface area contributed by atoms with Crippen molar-refractivity contribution in [1.29, 1.82) is 0 Å². The Morgan fingerprint density at radius 2 is 1.78 bits per heavy atom. The van der Waals surface area contributed by atoms with Gasteiger partial charge in [-0.2, -0.15) is 0 Å². The van der Waals surface area contributed by atoms with E-state index in [1.54, 1.807) is 0 Å². The maximum atomic E-state index is 8.68. The number of unbranched alkanes of at least 4 members (excludes halogenated alkanes) is 1. The number of hydrogen-bond donors (Lipinski definition) is 1. The predicted molar refractivity (Wildman–Crippen MR) is 44.7 cm³/mol. The molecule has 0 aliphatic heterocycles. The third-order valence-corrected chi connectivity index (χ3v) is 0.975. The second kappa shape index (κ2) is 10.9. The molecule has 0 rings (SSSR count). The van der Waals surface area contributed by atoms with E-state index in [4.69, 9.17) is 5.11 Å². The van der Waals surface area contributed by atoms with Gasteiger partial charge in [0.1, 0.15) is 0 Å². The van der Waals surface area contributed by atoms with E-state index in [1.165, 1.54) is 6.42 Å². The van der Waals surface area contributed by atoms with Crippen molar-refractivity contribution in [3.05, 3.63) is 0 Å². The molecule has 1 nitrogen and oxygen atoms in total. The van der Waals surface area contributed by atoms with Crippen LogP contribution in [0.3, 0.4) is 0 Å². The highest BCUT2D eigenvalue weighted by atomic mass is 16.3. The van der Waals surface area contributed by atoms with Crippen LogP contribution in [0.1, 0.15) is 48.0 Å². The summed E-state index contributed by atoms with van der Waals surface area (Å²) in [7, 11) is 0. The number of aliphatic hydroxyl groups is 1. The van der Waals surface area contributed by atoms with Crippen LogP contribution in [0.2, 0.25) is 0 Å². The van der Waals surface area contributed by atoms with Gasteiger partial charge in [-0.3, -0.25) is 0 Å². The van der Waals surface area contributed by atoms with Crippen molar-refractivity contribution in [3.8, 4) is 0 Å². The summed E-state index contributed by atoms with van der Waals surface area (Å²) >= 11 is 0. The molecule has 0 aromatic rings. The van der Waals surface area contributed by atoms with Crippen molar-refractivity contribution < 1.29 is 5.11 Å². The standard InChI is InChI=1S/C6H14O.2CH4/c1-3-4-5-6(2)7;;/h6-7H,3-5H2,1-2H3;2*1H4. The van der Waals surface area contributed by atoms with Crippen molar-refractivity contribution in [3.63, 3.8) is 0 Å². The lowest BCUT2D eigenvalue weighted by Gasteiger charge is -1.98. The average Bonchev–Trinajstić information content (AvgIpc) is 1.61. The normalized spacial score (nSPS) is 11.0. The molecule has 0 saturated carbocycles. The van der Waals surface area contributed by atoms with Crippen LogP contribution in [0, 0.1) is 0 Å². The maximum Gasteiger partial charge on any atom is 0.0512 e. The number of aliphatic hydroxyl groups excluding tert-OH is 1. The lowest BCUT2D eigenvalue weighted by atomic mass is 10.2. The predicted octanol–water partition coefficient (Wildman–Crippen LogP) is 2.83. The Hall–Kier alpha value is -0.0400. The molecule has 0 spiro atoms. The van der Waals surface area contributed by atoms with Crippen molar-refractivity contribution in [2.75, 3.05) is 0 Å². The summed E-state index contributed by atoms with van der Waals surface area (Å²) < 4.78 is 0. The van der Waals surface area contributed by atoms with Gasteiger partial charge in [0.25, 0.3) is 0 Å². The molecule has 9 heavy (non-hydrogen) atoms. The molecule has 0 aliphatic rings. The molecule has 1 atom stereocenters. The summed E-state index contributed by atoms with van der Waals surface area (Å²) in [6, 6.07) is 0. The summed E-state index contributed by atoms with van der Waals surface area (Å²) in [5.74, 6) is 0. The van der Waals surface area contributed by atoms with Crippen LogP contribution in [0.25, 0.3) is 0 Å². The summed E-state index contributed by atoms with van der Waals surface area (Å²) in [5.41, 5.74) is 0. The Balaban J connectivity index is -0.000000180. The molecule has 0 aromatic carbocycles. The van der Waals surface area contributed by atoms with E-state index in [2.05, 4.69) is 6.92 Å². The molecule has 0 radical (unpaired) electrons. The molecule has 1 N–H and O–H groups in total. The molecule has 0 amide bonds. The van der Waals surface area contributed by atoms with Crippen LogP contribution in [-0.2, 0) is 0 Å². The zero-order valence-corrected chi connectivity index (χ0v) is 5.15. The topological polar surface area (TPSA) is 20.2 Å². The fourth-order valence-corrected chi connectivity index (χ4v) is 0.500. The van der Waals surface area contributed by atoms with Crippen LogP contribution in [0.15, 0.2) is 0 Å². The fraction of sp³-hybridized carbons (Fsp3) is 1.00. The van der Waals surface area contributed by atoms with Crippen molar-refractivity contribution in [1.82, 2.24) is 0 Å². The first kappa shape index (κ1) is 16.0. The Bertz CT molecular complexity index is 33.5. The molecule has 0 saturated heterocycles. The highest BCUT2D eigenvalue weighted by Crippen LogP contribution is 1.97. The molecule has 0 bridgehead atoms. The lowest BCUT2D eigenvalue weighted by Crippen LogP contribution is -1.97. The largest absolute Gasteiger partial charge is 0.393 e. The van der Waals surface area contributed by atoms with E-state index in [-0.39, 0.29) is 21.0 Å². The summed E-state index contributed by atoms with van der Waals surface area (Å²) in [4.78, 5) is 0. The molecule has 60 valence electrons. The third kappa shape index (κ3) is 18.0. The van der Waals surface area contributed by atoms with Crippen molar-refractivity contribution in [2.24, 2.45) is 0 Å². The van der Waals surface area contributed by atoms with E-state index < -0.39 is 0 Å². The van der Waals surface area contributed by atoms with E-state index in [0.717, 1.165) is 12.8 Å². The van der Waals surface area contributed by atoms with Gasteiger partial charge in [-0.15, -0.1) is 0 Å². The minimum Gasteiger partial charge on any atom is -0.393 e. The molecule has 1 unspecified atom stereocenters. The highest BCUT2D eigenvalue weighted by Gasteiger charge is 1.90. The van der Waals surface area contributed by atoms with Gasteiger partial charge >= 0.3 is 0 Å². The smallest absolute Gasteiger partial charge is 0.0512 e. The van der Waals surface area contributed by atoms with Gasteiger partial charge in [0.05, 0.1) is 6.10 Å². The van der Waals surface area contributed by atoms with Crippen LogP contribution in [-0.4, -0.2) is 11.2 Å². The summed E-state index contributed by atoms with van der Waals surface area (Å²) in [6.07, 6.45) is 3.19. The van der Waals surface area contributed by atoms with E-state index in [0.29, 0.717) is 0 Å². The summed E-state index contributed by atoms with van der Waals surface area (Å²) in [6.45, 7) is 3.96. The Labute approximate surface area is 60.1 Å². The zero-order valence-electron chi connectivity index (χ0n) is 5.15. The van der Waals surface area contributed by atoms with Gasteiger partial charge in [-0.25, -0.2) is 0 Å². The Morgan fingerprint density at radius 1 is 1.33 bits per heavy atom. The van der Waals surface area contributed by atoms with E-state index >= 15 is 0 Å². The molecular weight excluding hydrogens is 112 g/mol. The quantitative estimate of drug-likeness (QED) is 0.629. The minimum absolute atomic E-state index is 0. The van der Waals surface area contributed by atoms with Crippen molar-refractivity contribution >= 4 is 0 Å². The second-order valence-corrected chi connectivity index (χ2v) is 1.99. The average molecular weight is 134 g/mol. The van der Waals surface area contributed by atoms with Crippen LogP contribution in [0.4, 0.5) is 0 Å². The van der Waals surface area contributed by atoms with E-state index in [1.807, 2.05) is 6.92 Å². The first-order valence-corrected chi connectivity index (χ1v) is 2.95. The Morgan fingerprint density at radius 3 is 1.89 bits per heavy atom. The Kier molecular flexibility index (Phi) is 19.3. The zero-order chi connectivity index (χ0) is 5.70. The molecule has 0 aliphatic carbocycles. The molecule has 0 aromatic heterocycles. The molecule has 0 heterocycles. The second-order valence-electron chi connectivity index (χ2n) is 1.99. The van der Waals surface area contributed by atoms with Gasteiger partial charge in [0, 0.05) is 0 Å². The molecular formula is C8H22O. The molecule has 0 fully saturated rings. The minimum atomic E-state index is -0.0973. The third-order valence-electron chi connectivity index (χ3n) is 0.975. The monoisotopic (exact) mass is 134 g/mol. The van der Waals surface area contributed by atoms with Gasteiger partial charge in [0.15, 0.2) is 0 Å². The first-order valence-electron chi connectivity index (χ1n) is 2.95. The van der Waals surface area contributed by atoms with Gasteiger partial charge in [-0.1, -0.05) is 34.6 Å². The first-order chi connectivity index (χ1) is 3.27. The van der Waals surface area contributed by atoms with Gasteiger partial charge in [-0.05, 0) is 13.3 Å². The van der Waals surface area contributed by atoms with Crippen LogP contribution in [0.5, 0.6) is 0 Å². The highest BCUT2D eigenvalue weighted by molar-refractivity contribution is 4.43. The van der Waals surface area contributed by atoms with Crippen LogP contribution >= 0.6 is 0 Å². The number of hydrogen-bond acceptors (Lipinski definition) is 1. The lowest BCUT2D eigenvalue weighted by molar-refractivity contribution is 0.181. The van der Waals surface area contributed by atoms with Crippen molar-refractivity contribution in [2.45, 2.75) is 54.1 Å². The maximum absolute atomic E-state index is 8.68. The summed E-state index contributed by atoms with van der Waals surface area (Å²) in [5, 5.41) is 8.68.